The van der Waals surface area contributed by atoms with Gasteiger partial charge in [-0.15, -0.1) is 11.8 Å². The largest absolute Gasteiger partial charge is 0.299 e. The Morgan fingerprint density at radius 2 is 1.62 bits per heavy atom. The smallest absolute Gasteiger partial charge is 0.269 e. The zero-order valence-electron chi connectivity index (χ0n) is 17.4. The number of allylic oxidation sites excluding steroid dienone is 1. The van der Waals surface area contributed by atoms with Crippen molar-refractivity contribution in [1.29, 1.82) is 0 Å². The molecule has 0 bridgehead atoms. The maximum Gasteiger partial charge on any atom is 0.269 e. The highest BCUT2D eigenvalue weighted by Gasteiger charge is 2.64. The molecule has 1 spiro atoms. The number of amides is 2. The van der Waals surface area contributed by atoms with Crippen LogP contribution in [0.2, 0.25) is 0 Å². The Bertz CT molecular complexity index is 1120. The Morgan fingerprint density at radius 3 is 2.31 bits per heavy atom. The van der Waals surface area contributed by atoms with Gasteiger partial charge >= 0.3 is 0 Å². The van der Waals surface area contributed by atoms with Crippen LogP contribution in [-0.2, 0) is 14.5 Å². The minimum atomic E-state index is -1.04. The number of carbonyl (C=O) groups excluding carboxylic acids is 2. The van der Waals surface area contributed by atoms with Crippen LogP contribution < -0.4 is 9.80 Å². The zero-order valence-corrected chi connectivity index (χ0v) is 18.2. The van der Waals surface area contributed by atoms with Gasteiger partial charge in [0.15, 0.2) is 0 Å². The molecule has 1 saturated heterocycles. The van der Waals surface area contributed by atoms with Crippen LogP contribution >= 0.6 is 11.8 Å². The Labute approximate surface area is 175 Å². The van der Waals surface area contributed by atoms with Crippen molar-refractivity contribution in [3.63, 3.8) is 0 Å². The highest BCUT2D eigenvalue weighted by atomic mass is 32.2. The van der Waals surface area contributed by atoms with E-state index in [-0.39, 0.29) is 11.8 Å². The lowest BCUT2D eigenvalue weighted by molar-refractivity contribution is -0.124. The number of nitrogens with zero attached hydrogens (tertiary/aromatic N) is 2. The highest BCUT2D eigenvalue weighted by Crippen LogP contribution is 2.60. The van der Waals surface area contributed by atoms with E-state index in [1.165, 1.54) is 17.3 Å². The molecule has 0 aromatic heterocycles. The third-order valence-electron chi connectivity index (χ3n) is 6.17. The van der Waals surface area contributed by atoms with Crippen molar-refractivity contribution in [2.45, 2.75) is 45.0 Å². The van der Waals surface area contributed by atoms with Crippen molar-refractivity contribution < 1.29 is 9.59 Å². The lowest BCUT2D eigenvalue weighted by atomic mass is 9.88. The molecule has 1 fully saturated rings. The molecule has 0 N–H and O–H groups in total. The van der Waals surface area contributed by atoms with Gasteiger partial charge in [0.1, 0.15) is 0 Å². The molecule has 3 aliphatic heterocycles. The summed E-state index contributed by atoms with van der Waals surface area (Å²) in [7, 11) is 0. The fourth-order valence-electron chi connectivity index (χ4n) is 5.02. The Morgan fingerprint density at radius 1 is 0.931 bits per heavy atom. The predicted octanol–water partition coefficient (Wildman–Crippen LogP) is 4.78. The number of hydrogen-bond donors (Lipinski definition) is 0. The Hall–Kier alpha value is -2.53. The van der Waals surface area contributed by atoms with E-state index in [9.17, 15) is 9.59 Å². The van der Waals surface area contributed by atoms with Crippen molar-refractivity contribution in [3.05, 3.63) is 64.7 Å². The molecule has 3 heterocycles. The average Bonchev–Trinajstić information content (AvgIpc) is 3.11. The second kappa shape index (κ2) is 5.76. The minimum absolute atomic E-state index is 0.0233. The van der Waals surface area contributed by atoms with E-state index in [0.29, 0.717) is 5.75 Å². The third kappa shape index (κ3) is 2.28. The molecule has 0 saturated carbocycles. The highest BCUT2D eigenvalue weighted by molar-refractivity contribution is 8.02. The zero-order chi connectivity index (χ0) is 20.7. The molecule has 1 atom stereocenters. The SMILES string of the molecule is CC1=CC(C)(C)N2C(=O)C3(SCC(=O)N3c3ccc(C)cc3)c3cc(C)cc1c32. The van der Waals surface area contributed by atoms with E-state index in [1.54, 1.807) is 4.90 Å². The standard InChI is InChI=1S/C24H24N2O2S/c1-14-6-8-17(9-7-14)25-20(27)13-29-24(25)19-11-15(2)10-18-16(3)12-23(4,5)26(21(18)19)22(24)28/h6-12H,13H2,1-5H3. The Balaban J connectivity index is 1.82. The monoisotopic (exact) mass is 404 g/mol. The summed E-state index contributed by atoms with van der Waals surface area (Å²) in [6.07, 6.45) is 2.16. The summed E-state index contributed by atoms with van der Waals surface area (Å²) in [5, 5.41) is 0. The lowest BCUT2D eigenvalue weighted by Crippen LogP contribution is -2.54. The van der Waals surface area contributed by atoms with Gasteiger partial charge in [0.05, 0.1) is 17.0 Å². The first kappa shape index (κ1) is 18.5. The first-order valence-electron chi connectivity index (χ1n) is 9.90. The molecule has 29 heavy (non-hydrogen) atoms. The van der Waals surface area contributed by atoms with E-state index in [0.717, 1.165) is 33.6 Å². The predicted molar refractivity (Wildman–Crippen MR) is 119 cm³/mol. The fraction of sp³-hybridized carbons (Fsp3) is 0.333. The van der Waals surface area contributed by atoms with Gasteiger partial charge in [-0.25, -0.2) is 0 Å². The number of anilines is 2. The van der Waals surface area contributed by atoms with E-state index < -0.39 is 10.4 Å². The van der Waals surface area contributed by atoms with E-state index in [4.69, 9.17) is 0 Å². The number of thioether (sulfide) groups is 1. The maximum atomic E-state index is 14.1. The van der Waals surface area contributed by atoms with Crippen molar-refractivity contribution in [2.75, 3.05) is 15.6 Å². The van der Waals surface area contributed by atoms with Crippen molar-refractivity contribution in [2.24, 2.45) is 0 Å². The summed E-state index contributed by atoms with van der Waals surface area (Å²) in [6, 6.07) is 12.1. The second-order valence-corrected chi connectivity index (χ2v) is 10.00. The molecular weight excluding hydrogens is 380 g/mol. The first-order chi connectivity index (χ1) is 13.7. The molecule has 148 valence electrons. The topological polar surface area (TPSA) is 40.6 Å². The quantitative estimate of drug-likeness (QED) is 0.687. The van der Waals surface area contributed by atoms with Crippen molar-refractivity contribution in [1.82, 2.24) is 0 Å². The lowest BCUT2D eigenvalue weighted by Gasteiger charge is -2.40. The van der Waals surface area contributed by atoms with Gasteiger partial charge in [0.25, 0.3) is 5.91 Å². The normalized spacial score (nSPS) is 24.4. The summed E-state index contributed by atoms with van der Waals surface area (Å²) in [4.78, 5) is 29.8. The van der Waals surface area contributed by atoms with Crippen molar-refractivity contribution >= 4 is 40.5 Å². The molecule has 2 amide bonds. The van der Waals surface area contributed by atoms with Crippen molar-refractivity contribution in [3.8, 4) is 0 Å². The molecule has 0 aliphatic carbocycles. The van der Waals surface area contributed by atoms with E-state index >= 15 is 0 Å². The van der Waals surface area contributed by atoms with Crippen LogP contribution in [-0.4, -0.2) is 23.1 Å². The summed E-state index contributed by atoms with van der Waals surface area (Å²) in [5.74, 6) is 0.248. The number of rotatable bonds is 1. The van der Waals surface area contributed by atoms with Crippen LogP contribution in [0.5, 0.6) is 0 Å². The summed E-state index contributed by atoms with van der Waals surface area (Å²) in [6.45, 7) is 10.3. The average molecular weight is 405 g/mol. The van der Waals surface area contributed by atoms with Gasteiger partial charge < -0.3 is 0 Å². The van der Waals surface area contributed by atoms with Gasteiger partial charge in [-0.3, -0.25) is 19.4 Å². The molecule has 5 rings (SSSR count). The van der Waals surface area contributed by atoms with Crippen LogP contribution in [0.4, 0.5) is 11.4 Å². The van der Waals surface area contributed by atoms with Crippen LogP contribution in [0, 0.1) is 13.8 Å². The van der Waals surface area contributed by atoms with E-state index in [1.807, 2.05) is 36.1 Å². The van der Waals surface area contributed by atoms with Gasteiger partial charge in [-0.2, -0.15) is 0 Å². The molecule has 2 aromatic rings. The van der Waals surface area contributed by atoms with Gasteiger partial charge in [0, 0.05) is 16.8 Å². The Kier molecular flexibility index (Phi) is 3.67. The molecule has 5 heteroatoms. The second-order valence-electron chi connectivity index (χ2n) is 8.83. The van der Waals surface area contributed by atoms with Gasteiger partial charge in [-0.05, 0) is 64.0 Å². The molecule has 3 aliphatic rings. The van der Waals surface area contributed by atoms with Crippen LogP contribution in [0.3, 0.4) is 0 Å². The molecular formula is C24H24N2O2S. The third-order valence-corrected chi connectivity index (χ3v) is 7.55. The summed E-state index contributed by atoms with van der Waals surface area (Å²) < 4.78 is 0. The maximum absolute atomic E-state index is 14.1. The van der Waals surface area contributed by atoms with Crippen LogP contribution in [0.1, 0.15) is 43.0 Å². The van der Waals surface area contributed by atoms with Crippen LogP contribution in [0.15, 0.2) is 42.5 Å². The molecule has 1 unspecified atom stereocenters. The number of hydrogen-bond acceptors (Lipinski definition) is 3. The molecule has 2 aromatic carbocycles. The summed E-state index contributed by atoms with van der Waals surface area (Å²) in [5.41, 5.74) is 6.71. The van der Waals surface area contributed by atoms with Gasteiger partial charge in [0.2, 0.25) is 10.8 Å². The molecule has 0 radical (unpaired) electrons. The number of aryl methyl sites for hydroxylation is 2. The molecule has 4 nitrogen and oxygen atoms in total. The van der Waals surface area contributed by atoms with Gasteiger partial charge in [-0.1, -0.05) is 29.8 Å². The fourth-order valence-corrected chi connectivity index (χ4v) is 6.34. The first-order valence-corrected chi connectivity index (χ1v) is 10.9. The summed E-state index contributed by atoms with van der Waals surface area (Å²) >= 11 is 1.45. The number of fused-ring (bicyclic) bond motifs is 1. The number of carbonyl (C=O) groups is 2. The minimum Gasteiger partial charge on any atom is -0.299 e. The van der Waals surface area contributed by atoms with E-state index in [2.05, 4.69) is 45.9 Å². The number of benzene rings is 2. The van der Waals surface area contributed by atoms with Crippen LogP contribution in [0.25, 0.3) is 5.57 Å².